The van der Waals surface area contributed by atoms with Crippen molar-refractivity contribution in [3.63, 3.8) is 0 Å². The van der Waals surface area contributed by atoms with Gasteiger partial charge in [-0.15, -0.1) is 12.4 Å². The summed E-state index contributed by atoms with van der Waals surface area (Å²) in [7, 11) is 0. The van der Waals surface area contributed by atoms with Gasteiger partial charge in [-0.1, -0.05) is 24.3 Å². The van der Waals surface area contributed by atoms with E-state index in [1.54, 1.807) is 12.1 Å². The normalized spacial score (nSPS) is 21.7. The molecule has 0 aliphatic carbocycles. The van der Waals surface area contributed by atoms with Crippen molar-refractivity contribution in [2.24, 2.45) is 5.92 Å². The number of ketones is 1. The van der Waals surface area contributed by atoms with Crippen LogP contribution >= 0.6 is 12.4 Å². The van der Waals surface area contributed by atoms with Crippen LogP contribution in [0.2, 0.25) is 0 Å². The number of piperidine rings is 1. The molecule has 2 unspecified atom stereocenters. The van der Waals surface area contributed by atoms with Gasteiger partial charge in [-0.25, -0.2) is 0 Å². The van der Waals surface area contributed by atoms with Crippen molar-refractivity contribution in [1.29, 1.82) is 0 Å². The van der Waals surface area contributed by atoms with E-state index in [9.17, 15) is 14.4 Å². The van der Waals surface area contributed by atoms with Gasteiger partial charge < -0.3 is 15.5 Å². The van der Waals surface area contributed by atoms with Crippen LogP contribution in [0.15, 0.2) is 24.3 Å². The van der Waals surface area contributed by atoms with Crippen molar-refractivity contribution in [2.45, 2.75) is 45.1 Å². The zero-order chi connectivity index (χ0) is 19.2. The summed E-state index contributed by atoms with van der Waals surface area (Å²) in [5.41, 5.74) is 1.59. The van der Waals surface area contributed by atoms with E-state index < -0.39 is 0 Å². The van der Waals surface area contributed by atoms with Crippen molar-refractivity contribution in [3.05, 3.63) is 35.4 Å². The number of benzene rings is 1. The number of halogens is 1. The molecule has 7 heteroatoms. The maximum atomic E-state index is 12.6. The average molecular weight is 408 g/mol. The molecule has 2 heterocycles. The highest BCUT2D eigenvalue weighted by Gasteiger charge is 2.26. The van der Waals surface area contributed by atoms with Crippen molar-refractivity contribution < 1.29 is 14.4 Å². The molecular formula is C21H30ClN3O3. The lowest BCUT2D eigenvalue weighted by molar-refractivity contribution is -0.132. The largest absolute Gasteiger partial charge is 0.354 e. The molecular weight excluding hydrogens is 378 g/mol. The quantitative estimate of drug-likeness (QED) is 0.706. The third-order valence-electron chi connectivity index (χ3n) is 5.53. The first-order valence-corrected chi connectivity index (χ1v) is 9.91. The van der Waals surface area contributed by atoms with Gasteiger partial charge in [0.1, 0.15) is 0 Å². The number of rotatable bonds is 6. The maximum absolute atomic E-state index is 12.6. The molecule has 0 aromatic heterocycles. The number of nitrogens with zero attached hydrogens (tertiary/aromatic N) is 1. The highest BCUT2D eigenvalue weighted by molar-refractivity contribution is 5.94. The Kier molecular flexibility index (Phi) is 8.45. The number of Topliss-reactive ketones (excluding diaryl/α,β-unsaturated/α-hetero) is 1. The summed E-state index contributed by atoms with van der Waals surface area (Å²) in [6, 6.07) is 7.20. The summed E-state index contributed by atoms with van der Waals surface area (Å²) in [5.74, 6) is 0.537. The number of carbonyl (C=O) groups is 3. The second-order valence-corrected chi connectivity index (χ2v) is 7.67. The van der Waals surface area contributed by atoms with Crippen LogP contribution < -0.4 is 10.6 Å². The summed E-state index contributed by atoms with van der Waals surface area (Å²) in [6.07, 6.45) is 4.32. The molecule has 2 atom stereocenters. The standard InChI is InChI=1S/C21H29N3O3.ClH/c1-15(25)18-8-6-16(7-9-18)12-20(26)24-11-3-4-17(14-24)13-23-21(27)19-5-2-10-22-19;/h6-9,17,19,22H,2-5,10-14H2,1H3,(H,23,27);1H. The molecule has 154 valence electrons. The van der Waals surface area contributed by atoms with Gasteiger partial charge in [0.05, 0.1) is 12.5 Å². The summed E-state index contributed by atoms with van der Waals surface area (Å²) in [4.78, 5) is 38.0. The molecule has 0 radical (unpaired) electrons. The lowest BCUT2D eigenvalue weighted by Gasteiger charge is -2.33. The second kappa shape index (κ2) is 10.6. The first-order valence-electron chi connectivity index (χ1n) is 9.91. The van der Waals surface area contributed by atoms with Crippen LogP contribution in [0.3, 0.4) is 0 Å². The fourth-order valence-electron chi connectivity index (χ4n) is 3.88. The smallest absolute Gasteiger partial charge is 0.237 e. The van der Waals surface area contributed by atoms with Crippen LogP contribution in [-0.2, 0) is 16.0 Å². The highest BCUT2D eigenvalue weighted by atomic mass is 35.5. The predicted molar refractivity (Wildman–Crippen MR) is 111 cm³/mol. The van der Waals surface area contributed by atoms with Crippen LogP contribution in [-0.4, -0.2) is 54.7 Å². The van der Waals surface area contributed by atoms with Crippen LogP contribution in [0.25, 0.3) is 0 Å². The molecule has 2 fully saturated rings. The van der Waals surface area contributed by atoms with E-state index in [0.29, 0.717) is 31.0 Å². The van der Waals surface area contributed by atoms with Crippen molar-refractivity contribution in [1.82, 2.24) is 15.5 Å². The number of likely N-dealkylation sites (tertiary alicyclic amines) is 1. The van der Waals surface area contributed by atoms with Crippen molar-refractivity contribution in [3.8, 4) is 0 Å². The van der Waals surface area contributed by atoms with Gasteiger partial charge in [0.2, 0.25) is 11.8 Å². The number of hydrogen-bond acceptors (Lipinski definition) is 4. The van der Waals surface area contributed by atoms with Crippen LogP contribution in [0.1, 0.15) is 48.5 Å². The molecule has 0 saturated carbocycles. The summed E-state index contributed by atoms with van der Waals surface area (Å²) >= 11 is 0. The molecule has 2 aliphatic heterocycles. The minimum Gasteiger partial charge on any atom is -0.354 e. The zero-order valence-electron chi connectivity index (χ0n) is 16.4. The summed E-state index contributed by atoms with van der Waals surface area (Å²) in [6.45, 7) is 4.56. The molecule has 0 bridgehead atoms. The zero-order valence-corrected chi connectivity index (χ0v) is 17.2. The first kappa shape index (κ1) is 22.4. The Hall–Kier alpha value is -1.92. The molecule has 2 N–H and O–H groups in total. The fourth-order valence-corrected chi connectivity index (χ4v) is 3.88. The van der Waals surface area contributed by atoms with E-state index in [4.69, 9.17) is 0 Å². The van der Waals surface area contributed by atoms with Gasteiger partial charge in [-0.05, 0) is 50.6 Å². The Labute approximate surface area is 172 Å². The summed E-state index contributed by atoms with van der Waals surface area (Å²) in [5, 5.41) is 6.26. The third kappa shape index (κ3) is 6.04. The third-order valence-corrected chi connectivity index (χ3v) is 5.53. The lowest BCUT2D eigenvalue weighted by Crippen LogP contribution is -2.47. The van der Waals surface area contributed by atoms with Crippen LogP contribution in [0.5, 0.6) is 0 Å². The van der Waals surface area contributed by atoms with Crippen molar-refractivity contribution >= 4 is 30.0 Å². The van der Waals surface area contributed by atoms with E-state index in [2.05, 4.69) is 10.6 Å². The minimum absolute atomic E-state index is 0. The Bertz CT molecular complexity index is 687. The number of nitrogens with one attached hydrogen (secondary N) is 2. The maximum Gasteiger partial charge on any atom is 0.237 e. The van der Waals surface area contributed by atoms with Crippen LogP contribution in [0, 0.1) is 5.92 Å². The highest BCUT2D eigenvalue weighted by Crippen LogP contribution is 2.18. The van der Waals surface area contributed by atoms with E-state index in [1.165, 1.54) is 6.92 Å². The molecule has 1 aromatic rings. The molecule has 28 heavy (non-hydrogen) atoms. The van der Waals surface area contributed by atoms with E-state index in [1.807, 2.05) is 17.0 Å². The van der Waals surface area contributed by atoms with E-state index >= 15 is 0 Å². The molecule has 1 aromatic carbocycles. The molecule has 2 saturated heterocycles. The molecule has 2 aliphatic rings. The summed E-state index contributed by atoms with van der Waals surface area (Å²) < 4.78 is 0. The first-order chi connectivity index (χ1) is 13.0. The van der Waals surface area contributed by atoms with Gasteiger partial charge in [-0.3, -0.25) is 14.4 Å². The number of hydrogen-bond donors (Lipinski definition) is 2. The molecule has 0 spiro atoms. The fraction of sp³-hybridized carbons (Fsp3) is 0.571. The van der Waals surface area contributed by atoms with Gasteiger partial charge >= 0.3 is 0 Å². The average Bonchev–Trinajstić information content (AvgIpc) is 3.21. The Morgan fingerprint density at radius 1 is 1.14 bits per heavy atom. The second-order valence-electron chi connectivity index (χ2n) is 7.67. The predicted octanol–water partition coefficient (Wildman–Crippen LogP) is 1.96. The lowest BCUT2D eigenvalue weighted by atomic mass is 9.97. The topological polar surface area (TPSA) is 78.5 Å². The number of carbonyl (C=O) groups excluding carboxylic acids is 3. The number of amides is 2. The molecule has 3 rings (SSSR count). The minimum atomic E-state index is -0.0516. The van der Waals surface area contributed by atoms with Crippen molar-refractivity contribution in [2.75, 3.05) is 26.2 Å². The van der Waals surface area contributed by atoms with Crippen LogP contribution in [0.4, 0.5) is 0 Å². The van der Waals surface area contributed by atoms with E-state index in [-0.39, 0.29) is 36.0 Å². The van der Waals surface area contributed by atoms with Gasteiger partial charge in [0.15, 0.2) is 5.78 Å². The molecule has 2 amide bonds. The van der Waals surface area contributed by atoms with Gasteiger partial charge in [0.25, 0.3) is 0 Å². The Balaban J connectivity index is 0.00000280. The van der Waals surface area contributed by atoms with Gasteiger partial charge in [-0.2, -0.15) is 0 Å². The SMILES string of the molecule is CC(=O)c1ccc(CC(=O)N2CCCC(CNC(=O)C3CCCN3)C2)cc1.Cl. The Morgan fingerprint density at radius 2 is 1.89 bits per heavy atom. The molecule has 6 nitrogen and oxygen atoms in total. The van der Waals surface area contributed by atoms with E-state index in [0.717, 1.165) is 44.3 Å². The van der Waals surface area contributed by atoms with Gasteiger partial charge in [0, 0.05) is 25.2 Å². The Morgan fingerprint density at radius 3 is 2.54 bits per heavy atom. The monoisotopic (exact) mass is 407 g/mol.